The Labute approximate surface area is 165 Å². The molecule has 9 heteroatoms. The standard InChI is InChI=1S/C19H16N2O6S/c1-23-14-8-7-13(12-16(14)24-2)17-20-21-19(27-17)28-11-4-3-9-26-18(22)15-6-5-10-25-15/h5-8,10,12H,9,11H2,1-2H3. The van der Waals surface area contributed by atoms with E-state index < -0.39 is 5.97 Å². The first-order valence-electron chi connectivity index (χ1n) is 8.06. The van der Waals surface area contributed by atoms with Crippen LogP contribution in [0.5, 0.6) is 11.5 Å². The smallest absolute Gasteiger partial charge is 0.375 e. The lowest BCUT2D eigenvalue weighted by atomic mass is 10.2. The average molecular weight is 400 g/mol. The quantitative estimate of drug-likeness (QED) is 0.336. The highest BCUT2D eigenvalue weighted by Gasteiger charge is 2.12. The number of carbonyl (C=O) groups excluding carboxylic acids is 1. The molecule has 8 nitrogen and oxygen atoms in total. The molecule has 0 unspecified atom stereocenters. The Morgan fingerprint density at radius 3 is 2.75 bits per heavy atom. The molecule has 0 saturated carbocycles. The normalized spacial score (nSPS) is 10.1. The molecule has 3 aromatic rings. The number of ether oxygens (including phenoxy) is 3. The second-order valence-corrected chi connectivity index (χ2v) is 6.07. The Balaban J connectivity index is 1.50. The van der Waals surface area contributed by atoms with Crippen LogP contribution in [0.1, 0.15) is 10.6 Å². The molecule has 0 amide bonds. The summed E-state index contributed by atoms with van der Waals surface area (Å²) in [6.45, 7) is -0.0270. The van der Waals surface area contributed by atoms with Crippen LogP contribution in [-0.2, 0) is 4.74 Å². The van der Waals surface area contributed by atoms with Crippen molar-refractivity contribution in [3.63, 3.8) is 0 Å². The summed E-state index contributed by atoms with van der Waals surface area (Å²) in [5.74, 6) is 7.15. The molecule has 144 valence electrons. The number of hydrogen-bond donors (Lipinski definition) is 0. The molecule has 2 heterocycles. The summed E-state index contributed by atoms with van der Waals surface area (Å²) in [4.78, 5) is 11.5. The third-order valence-electron chi connectivity index (χ3n) is 3.43. The molecule has 0 saturated heterocycles. The summed E-state index contributed by atoms with van der Waals surface area (Å²) in [6.07, 6.45) is 1.40. The van der Waals surface area contributed by atoms with Gasteiger partial charge in [0.25, 0.3) is 5.22 Å². The van der Waals surface area contributed by atoms with Gasteiger partial charge in [-0.05, 0) is 30.3 Å². The highest BCUT2D eigenvalue weighted by Crippen LogP contribution is 2.32. The van der Waals surface area contributed by atoms with E-state index in [1.807, 2.05) is 0 Å². The fourth-order valence-corrected chi connectivity index (χ4v) is 2.66. The Hall–Kier alpha value is -3.38. The molecule has 0 fully saturated rings. The van der Waals surface area contributed by atoms with Gasteiger partial charge >= 0.3 is 5.97 Å². The van der Waals surface area contributed by atoms with E-state index in [1.165, 1.54) is 24.1 Å². The fourth-order valence-electron chi connectivity index (χ4n) is 2.12. The maximum absolute atomic E-state index is 11.5. The van der Waals surface area contributed by atoms with Crippen molar-refractivity contribution in [2.75, 3.05) is 26.6 Å². The summed E-state index contributed by atoms with van der Waals surface area (Å²) >= 11 is 1.28. The summed E-state index contributed by atoms with van der Waals surface area (Å²) in [7, 11) is 3.12. The van der Waals surface area contributed by atoms with Crippen LogP contribution in [0.4, 0.5) is 0 Å². The predicted molar refractivity (Wildman–Crippen MR) is 100 cm³/mol. The van der Waals surface area contributed by atoms with Gasteiger partial charge in [0.1, 0.15) is 0 Å². The van der Waals surface area contributed by atoms with Crippen LogP contribution in [0.2, 0.25) is 0 Å². The van der Waals surface area contributed by atoms with Crippen molar-refractivity contribution in [1.29, 1.82) is 0 Å². The minimum absolute atomic E-state index is 0.0270. The van der Waals surface area contributed by atoms with Crippen molar-refractivity contribution in [2.45, 2.75) is 5.22 Å². The van der Waals surface area contributed by atoms with E-state index >= 15 is 0 Å². The van der Waals surface area contributed by atoms with Gasteiger partial charge in [-0.3, -0.25) is 0 Å². The summed E-state index contributed by atoms with van der Waals surface area (Å²) in [5.41, 5.74) is 0.716. The van der Waals surface area contributed by atoms with E-state index in [1.54, 1.807) is 38.5 Å². The minimum Gasteiger partial charge on any atom is -0.493 e. The average Bonchev–Trinajstić information content (AvgIpc) is 3.42. The molecule has 0 spiro atoms. The summed E-state index contributed by atoms with van der Waals surface area (Å²) in [5, 5.41) is 8.38. The lowest BCUT2D eigenvalue weighted by molar-refractivity contribution is 0.0520. The van der Waals surface area contributed by atoms with Crippen LogP contribution in [0, 0.1) is 11.8 Å². The van der Waals surface area contributed by atoms with Gasteiger partial charge in [0.15, 0.2) is 18.1 Å². The molecular weight excluding hydrogens is 384 g/mol. The molecule has 0 N–H and O–H groups in total. The van der Waals surface area contributed by atoms with E-state index in [9.17, 15) is 4.79 Å². The van der Waals surface area contributed by atoms with Crippen LogP contribution in [0.25, 0.3) is 11.5 Å². The summed E-state index contributed by atoms with van der Waals surface area (Å²) in [6, 6.07) is 8.46. The van der Waals surface area contributed by atoms with E-state index in [2.05, 4.69) is 22.0 Å². The van der Waals surface area contributed by atoms with Crippen LogP contribution in [0.15, 0.2) is 50.7 Å². The van der Waals surface area contributed by atoms with Crippen molar-refractivity contribution in [3.05, 3.63) is 42.4 Å². The Bertz CT molecular complexity index is 988. The Kier molecular flexibility index (Phi) is 6.59. The molecule has 1 aromatic carbocycles. The molecule has 28 heavy (non-hydrogen) atoms. The number of nitrogens with zero attached hydrogens (tertiary/aromatic N) is 2. The van der Waals surface area contributed by atoms with Gasteiger partial charge in [0, 0.05) is 5.56 Å². The van der Waals surface area contributed by atoms with Gasteiger partial charge in [-0.15, -0.1) is 10.2 Å². The SMILES string of the molecule is COc1ccc(-c2nnc(SCC#CCOC(=O)c3ccco3)o2)cc1OC. The predicted octanol–water partition coefficient (Wildman–Crippen LogP) is 3.30. The number of esters is 1. The van der Waals surface area contributed by atoms with E-state index in [-0.39, 0.29) is 12.4 Å². The molecule has 3 rings (SSSR count). The highest BCUT2D eigenvalue weighted by molar-refractivity contribution is 7.99. The summed E-state index contributed by atoms with van der Waals surface area (Å²) < 4.78 is 26.0. The largest absolute Gasteiger partial charge is 0.493 e. The number of furan rings is 1. The number of benzene rings is 1. The van der Waals surface area contributed by atoms with Crippen LogP contribution in [0.3, 0.4) is 0 Å². The van der Waals surface area contributed by atoms with Crippen LogP contribution < -0.4 is 9.47 Å². The Morgan fingerprint density at radius 1 is 1.14 bits per heavy atom. The first-order valence-corrected chi connectivity index (χ1v) is 9.05. The number of hydrogen-bond acceptors (Lipinski definition) is 9. The zero-order chi connectivity index (χ0) is 19.8. The second kappa shape index (κ2) is 9.53. The molecule has 0 radical (unpaired) electrons. The van der Waals surface area contributed by atoms with Gasteiger partial charge in [0.2, 0.25) is 11.7 Å². The van der Waals surface area contributed by atoms with E-state index in [0.717, 1.165) is 0 Å². The third-order valence-corrected chi connectivity index (χ3v) is 4.13. The molecule has 0 aliphatic heterocycles. The van der Waals surface area contributed by atoms with Crippen molar-refractivity contribution in [1.82, 2.24) is 10.2 Å². The van der Waals surface area contributed by atoms with Crippen molar-refractivity contribution < 1.29 is 27.8 Å². The molecule has 0 bridgehead atoms. The number of rotatable bonds is 7. The van der Waals surface area contributed by atoms with Gasteiger partial charge in [-0.2, -0.15) is 0 Å². The van der Waals surface area contributed by atoms with Gasteiger partial charge in [-0.1, -0.05) is 23.6 Å². The van der Waals surface area contributed by atoms with E-state index in [0.29, 0.717) is 33.9 Å². The molecule has 0 atom stereocenters. The van der Waals surface area contributed by atoms with Crippen LogP contribution in [-0.4, -0.2) is 42.7 Å². The zero-order valence-electron chi connectivity index (χ0n) is 15.1. The highest BCUT2D eigenvalue weighted by atomic mass is 32.2. The number of carbonyl (C=O) groups is 1. The lowest BCUT2D eigenvalue weighted by Crippen LogP contribution is -2.03. The third kappa shape index (κ3) is 4.86. The number of methoxy groups -OCH3 is 2. The lowest BCUT2D eigenvalue weighted by Gasteiger charge is -2.07. The maximum atomic E-state index is 11.5. The maximum Gasteiger partial charge on any atom is 0.375 e. The van der Waals surface area contributed by atoms with Crippen molar-refractivity contribution in [3.8, 4) is 34.8 Å². The van der Waals surface area contributed by atoms with Gasteiger partial charge in [-0.25, -0.2) is 4.79 Å². The minimum atomic E-state index is -0.552. The molecule has 0 aliphatic rings. The number of aromatic nitrogens is 2. The second-order valence-electron chi connectivity index (χ2n) is 5.14. The van der Waals surface area contributed by atoms with Crippen LogP contribution >= 0.6 is 11.8 Å². The molecule has 2 aromatic heterocycles. The Morgan fingerprint density at radius 2 is 2.00 bits per heavy atom. The zero-order valence-corrected chi connectivity index (χ0v) is 15.9. The molecule has 0 aliphatic carbocycles. The van der Waals surface area contributed by atoms with E-state index in [4.69, 9.17) is 23.0 Å². The van der Waals surface area contributed by atoms with Crippen molar-refractivity contribution in [2.24, 2.45) is 0 Å². The topological polar surface area (TPSA) is 96.8 Å². The number of thioether (sulfide) groups is 1. The molecular formula is C19H16N2O6S. The van der Waals surface area contributed by atoms with Gasteiger partial charge < -0.3 is 23.0 Å². The monoisotopic (exact) mass is 400 g/mol. The van der Waals surface area contributed by atoms with Crippen molar-refractivity contribution >= 4 is 17.7 Å². The first-order chi connectivity index (χ1) is 13.7. The van der Waals surface area contributed by atoms with Gasteiger partial charge in [0.05, 0.1) is 26.2 Å². The fraction of sp³-hybridized carbons (Fsp3) is 0.211. The first kappa shape index (κ1) is 19.4.